The van der Waals surface area contributed by atoms with Gasteiger partial charge in [0.2, 0.25) is 0 Å². The van der Waals surface area contributed by atoms with E-state index in [1.807, 2.05) is 12.1 Å². The molecule has 16 heavy (non-hydrogen) atoms. The monoisotopic (exact) mass is 220 g/mol. The molecule has 2 rings (SSSR count). The van der Waals surface area contributed by atoms with Gasteiger partial charge in [-0.15, -0.1) is 0 Å². The number of methoxy groups -OCH3 is 1. The van der Waals surface area contributed by atoms with Crippen molar-refractivity contribution in [3.05, 3.63) is 29.8 Å². The number of hydrogen-bond acceptors (Lipinski definition) is 3. The SMILES string of the molecule is COc1cccc(CN(C)CC2(N)CC2)c1. The number of rotatable bonds is 5. The molecule has 88 valence electrons. The van der Waals surface area contributed by atoms with Crippen molar-refractivity contribution < 1.29 is 4.74 Å². The zero-order chi connectivity index (χ0) is 11.6. The lowest BCUT2D eigenvalue weighted by molar-refractivity contribution is 0.295. The van der Waals surface area contributed by atoms with Crippen molar-refractivity contribution in [3.63, 3.8) is 0 Å². The summed E-state index contributed by atoms with van der Waals surface area (Å²) in [7, 11) is 3.81. The van der Waals surface area contributed by atoms with Crippen molar-refractivity contribution >= 4 is 0 Å². The molecule has 3 heteroatoms. The third-order valence-electron chi connectivity index (χ3n) is 3.06. The van der Waals surface area contributed by atoms with Crippen LogP contribution in [0.5, 0.6) is 5.75 Å². The average molecular weight is 220 g/mol. The standard InChI is InChI=1S/C13H20N2O/c1-15(10-13(14)6-7-13)9-11-4-3-5-12(8-11)16-2/h3-5,8H,6-7,9-10,14H2,1-2H3. The highest BCUT2D eigenvalue weighted by Gasteiger charge is 2.38. The summed E-state index contributed by atoms with van der Waals surface area (Å²) in [6.45, 7) is 1.90. The van der Waals surface area contributed by atoms with E-state index in [0.717, 1.165) is 31.7 Å². The molecular weight excluding hydrogens is 200 g/mol. The smallest absolute Gasteiger partial charge is 0.119 e. The molecule has 1 fully saturated rings. The summed E-state index contributed by atoms with van der Waals surface area (Å²) in [5.74, 6) is 0.916. The maximum Gasteiger partial charge on any atom is 0.119 e. The maximum atomic E-state index is 6.09. The first-order valence-corrected chi connectivity index (χ1v) is 5.72. The molecule has 0 aliphatic heterocycles. The lowest BCUT2D eigenvalue weighted by atomic mass is 10.2. The molecule has 3 nitrogen and oxygen atoms in total. The van der Waals surface area contributed by atoms with E-state index in [2.05, 4.69) is 24.1 Å². The van der Waals surface area contributed by atoms with Crippen LogP contribution in [0.4, 0.5) is 0 Å². The Morgan fingerprint density at radius 3 is 2.81 bits per heavy atom. The molecule has 0 aromatic heterocycles. The first-order valence-electron chi connectivity index (χ1n) is 5.72. The van der Waals surface area contributed by atoms with Gasteiger partial charge in [-0.2, -0.15) is 0 Å². The van der Waals surface area contributed by atoms with Gasteiger partial charge in [0.1, 0.15) is 5.75 Å². The van der Waals surface area contributed by atoms with Crippen molar-refractivity contribution in [3.8, 4) is 5.75 Å². The van der Waals surface area contributed by atoms with E-state index in [1.54, 1.807) is 7.11 Å². The summed E-state index contributed by atoms with van der Waals surface area (Å²) in [6, 6.07) is 8.19. The molecule has 0 heterocycles. The molecule has 0 amide bonds. The summed E-state index contributed by atoms with van der Waals surface area (Å²) in [4.78, 5) is 2.28. The van der Waals surface area contributed by atoms with Crippen LogP contribution >= 0.6 is 0 Å². The van der Waals surface area contributed by atoms with Crippen molar-refractivity contribution in [2.45, 2.75) is 24.9 Å². The second-order valence-corrected chi connectivity index (χ2v) is 4.89. The first-order chi connectivity index (χ1) is 7.61. The second kappa shape index (κ2) is 4.44. The third-order valence-corrected chi connectivity index (χ3v) is 3.06. The van der Waals surface area contributed by atoms with Gasteiger partial charge in [-0.1, -0.05) is 12.1 Å². The van der Waals surface area contributed by atoms with Crippen molar-refractivity contribution in [2.24, 2.45) is 5.73 Å². The van der Waals surface area contributed by atoms with Gasteiger partial charge >= 0.3 is 0 Å². The van der Waals surface area contributed by atoms with Gasteiger partial charge in [-0.05, 0) is 37.6 Å². The first kappa shape index (κ1) is 11.4. The Kier molecular flexibility index (Phi) is 3.17. The van der Waals surface area contributed by atoms with E-state index in [1.165, 1.54) is 5.56 Å². The average Bonchev–Trinajstić information content (AvgIpc) is 2.95. The van der Waals surface area contributed by atoms with Crippen molar-refractivity contribution in [1.82, 2.24) is 4.90 Å². The minimum Gasteiger partial charge on any atom is -0.497 e. The van der Waals surface area contributed by atoms with Crippen LogP contribution in [0.1, 0.15) is 18.4 Å². The summed E-state index contributed by atoms with van der Waals surface area (Å²) >= 11 is 0. The predicted molar refractivity (Wildman–Crippen MR) is 65.5 cm³/mol. The fourth-order valence-corrected chi connectivity index (χ4v) is 1.99. The summed E-state index contributed by atoms with van der Waals surface area (Å²) in [5, 5.41) is 0. The van der Waals surface area contributed by atoms with Crippen molar-refractivity contribution in [2.75, 3.05) is 20.7 Å². The Morgan fingerprint density at radius 2 is 2.19 bits per heavy atom. The maximum absolute atomic E-state index is 6.09. The number of nitrogens with two attached hydrogens (primary N) is 1. The van der Waals surface area contributed by atoms with Crippen molar-refractivity contribution in [1.29, 1.82) is 0 Å². The Morgan fingerprint density at radius 1 is 1.44 bits per heavy atom. The lowest BCUT2D eigenvalue weighted by Crippen LogP contribution is -2.36. The Bertz CT molecular complexity index is 361. The largest absolute Gasteiger partial charge is 0.497 e. The number of nitrogens with zero attached hydrogens (tertiary/aromatic N) is 1. The molecule has 0 unspecified atom stereocenters. The topological polar surface area (TPSA) is 38.5 Å². The molecular formula is C13H20N2O. The summed E-state index contributed by atoms with van der Waals surface area (Å²) < 4.78 is 5.21. The van der Waals surface area contributed by atoms with E-state index in [9.17, 15) is 0 Å². The lowest BCUT2D eigenvalue weighted by Gasteiger charge is -2.20. The van der Waals surface area contributed by atoms with Crippen LogP contribution in [-0.2, 0) is 6.54 Å². The van der Waals surface area contributed by atoms with Crippen LogP contribution in [0.15, 0.2) is 24.3 Å². The zero-order valence-corrected chi connectivity index (χ0v) is 10.1. The highest BCUT2D eigenvalue weighted by atomic mass is 16.5. The quantitative estimate of drug-likeness (QED) is 0.819. The molecule has 1 aromatic carbocycles. The molecule has 1 saturated carbocycles. The van der Waals surface area contributed by atoms with E-state index in [-0.39, 0.29) is 5.54 Å². The van der Waals surface area contributed by atoms with E-state index in [4.69, 9.17) is 10.5 Å². The van der Waals surface area contributed by atoms with Gasteiger partial charge in [-0.3, -0.25) is 0 Å². The van der Waals surface area contributed by atoms with Gasteiger partial charge in [0.05, 0.1) is 7.11 Å². The molecule has 1 aliphatic carbocycles. The fraction of sp³-hybridized carbons (Fsp3) is 0.538. The van der Waals surface area contributed by atoms with Gasteiger partial charge in [0, 0.05) is 18.6 Å². The Balaban J connectivity index is 1.92. The van der Waals surface area contributed by atoms with Gasteiger partial charge in [-0.25, -0.2) is 0 Å². The van der Waals surface area contributed by atoms with Gasteiger partial charge in [0.25, 0.3) is 0 Å². The van der Waals surface area contributed by atoms with Crippen LogP contribution in [0, 0.1) is 0 Å². The number of benzene rings is 1. The molecule has 1 aromatic rings. The summed E-state index contributed by atoms with van der Waals surface area (Å²) in [6.07, 6.45) is 2.32. The number of hydrogen-bond donors (Lipinski definition) is 1. The molecule has 0 spiro atoms. The van der Waals surface area contributed by atoms with E-state index < -0.39 is 0 Å². The fourth-order valence-electron chi connectivity index (χ4n) is 1.99. The highest BCUT2D eigenvalue weighted by Crippen LogP contribution is 2.32. The predicted octanol–water partition coefficient (Wildman–Crippen LogP) is 1.62. The van der Waals surface area contributed by atoms with E-state index >= 15 is 0 Å². The highest BCUT2D eigenvalue weighted by molar-refractivity contribution is 5.28. The molecule has 0 radical (unpaired) electrons. The normalized spacial score (nSPS) is 17.5. The second-order valence-electron chi connectivity index (χ2n) is 4.89. The Hall–Kier alpha value is -1.06. The molecule has 1 aliphatic rings. The van der Waals surface area contributed by atoms with Crippen LogP contribution in [0.25, 0.3) is 0 Å². The molecule has 0 atom stereocenters. The third kappa shape index (κ3) is 2.97. The van der Waals surface area contributed by atoms with Crippen LogP contribution in [0.3, 0.4) is 0 Å². The molecule has 2 N–H and O–H groups in total. The van der Waals surface area contributed by atoms with Crippen LogP contribution in [0.2, 0.25) is 0 Å². The van der Waals surface area contributed by atoms with E-state index in [0.29, 0.717) is 0 Å². The number of likely N-dealkylation sites (N-methyl/N-ethyl adjacent to an activating group) is 1. The Labute approximate surface area is 97.2 Å². The number of ether oxygens (including phenoxy) is 1. The summed E-state index contributed by atoms with van der Waals surface area (Å²) in [5.41, 5.74) is 7.45. The zero-order valence-electron chi connectivity index (χ0n) is 10.1. The molecule has 0 saturated heterocycles. The van der Waals surface area contributed by atoms with Gasteiger partial charge in [0.15, 0.2) is 0 Å². The van der Waals surface area contributed by atoms with Crippen LogP contribution in [-0.4, -0.2) is 31.1 Å². The minimum absolute atomic E-state index is 0.0909. The van der Waals surface area contributed by atoms with Crippen LogP contribution < -0.4 is 10.5 Å². The molecule has 0 bridgehead atoms. The van der Waals surface area contributed by atoms with Gasteiger partial charge < -0.3 is 15.4 Å². The minimum atomic E-state index is 0.0909.